The highest BCUT2D eigenvalue weighted by Crippen LogP contribution is 2.36. The van der Waals surface area contributed by atoms with Crippen molar-refractivity contribution in [2.75, 3.05) is 5.75 Å². The van der Waals surface area contributed by atoms with E-state index >= 15 is 0 Å². The molecule has 1 aromatic carbocycles. The molecular weight excluding hydrogens is 404 g/mol. The van der Waals surface area contributed by atoms with Crippen molar-refractivity contribution in [3.05, 3.63) is 58.6 Å². The van der Waals surface area contributed by atoms with Crippen LogP contribution in [0.5, 0.6) is 0 Å². The SMILES string of the molecule is C[C@@H](CCc1ccco1)NC(=O)CSc1c2c(nc3cc(Cl)ccc13)CCCC2. The Morgan fingerprint density at radius 3 is 3.00 bits per heavy atom. The number of furan rings is 1. The molecule has 6 heteroatoms. The summed E-state index contributed by atoms with van der Waals surface area (Å²) in [6, 6.07) is 9.83. The third-order valence-corrected chi connectivity index (χ3v) is 6.73. The molecule has 4 rings (SSSR count). The van der Waals surface area contributed by atoms with Crippen LogP contribution >= 0.6 is 23.4 Å². The summed E-state index contributed by atoms with van der Waals surface area (Å²) in [5, 5.41) is 4.90. The average Bonchev–Trinajstić information content (AvgIpc) is 3.23. The Hall–Kier alpha value is -1.98. The molecule has 0 saturated carbocycles. The Labute approximate surface area is 180 Å². The predicted molar refractivity (Wildman–Crippen MR) is 119 cm³/mol. The van der Waals surface area contributed by atoms with E-state index in [1.165, 1.54) is 29.0 Å². The second-order valence-corrected chi connectivity index (χ2v) is 9.03. The van der Waals surface area contributed by atoms with Gasteiger partial charge in [-0.15, -0.1) is 11.8 Å². The molecule has 1 N–H and O–H groups in total. The fraction of sp³-hybridized carbons (Fsp3) is 0.391. The number of benzene rings is 1. The Bertz CT molecular complexity index is 1000. The number of thioether (sulfide) groups is 1. The van der Waals surface area contributed by atoms with Crippen LogP contribution in [-0.2, 0) is 24.1 Å². The van der Waals surface area contributed by atoms with Gasteiger partial charge in [0, 0.05) is 33.5 Å². The van der Waals surface area contributed by atoms with Crippen LogP contribution in [0, 0.1) is 0 Å². The summed E-state index contributed by atoms with van der Waals surface area (Å²) in [6.45, 7) is 2.04. The number of aromatic nitrogens is 1. The van der Waals surface area contributed by atoms with E-state index in [-0.39, 0.29) is 11.9 Å². The summed E-state index contributed by atoms with van der Waals surface area (Å²) in [5.74, 6) is 1.42. The molecule has 1 atom stereocenters. The van der Waals surface area contributed by atoms with Crippen molar-refractivity contribution in [2.45, 2.75) is 56.4 Å². The number of nitrogens with one attached hydrogen (secondary N) is 1. The quantitative estimate of drug-likeness (QED) is 0.498. The summed E-state index contributed by atoms with van der Waals surface area (Å²) >= 11 is 7.81. The molecule has 29 heavy (non-hydrogen) atoms. The lowest BCUT2D eigenvalue weighted by atomic mass is 9.94. The van der Waals surface area contributed by atoms with Crippen molar-refractivity contribution >= 4 is 40.2 Å². The lowest BCUT2D eigenvalue weighted by Crippen LogP contribution is -2.34. The van der Waals surface area contributed by atoms with Gasteiger partial charge in [-0.05, 0) is 68.9 Å². The first-order chi connectivity index (χ1) is 14.1. The molecule has 2 heterocycles. The van der Waals surface area contributed by atoms with Crippen LogP contribution in [0.15, 0.2) is 45.9 Å². The van der Waals surface area contributed by atoms with E-state index < -0.39 is 0 Å². The number of halogens is 1. The zero-order valence-corrected chi connectivity index (χ0v) is 18.1. The molecule has 0 spiro atoms. The molecule has 0 bridgehead atoms. The number of pyridine rings is 1. The van der Waals surface area contributed by atoms with Crippen molar-refractivity contribution in [1.82, 2.24) is 10.3 Å². The van der Waals surface area contributed by atoms with E-state index in [0.29, 0.717) is 10.8 Å². The predicted octanol–water partition coefficient (Wildman–Crippen LogP) is 5.59. The third kappa shape index (κ3) is 4.96. The van der Waals surface area contributed by atoms with Crippen LogP contribution in [0.3, 0.4) is 0 Å². The van der Waals surface area contributed by atoms with Crippen molar-refractivity contribution in [3.8, 4) is 0 Å². The second-order valence-electron chi connectivity index (χ2n) is 7.61. The maximum Gasteiger partial charge on any atom is 0.230 e. The lowest BCUT2D eigenvalue weighted by molar-refractivity contribution is -0.119. The molecular formula is C23H25ClN2O2S. The largest absolute Gasteiger partial charge is 0.469 e. The van der Waals surface area contributed by atoms with Crippen molar-refractivity contribution in [2.24, 2.45) is 0 Å². The number of fused-ring (bicyclic) bond motifs is 2. The summed E-state index contributed by atoms with van der Waals surface area (Å²) < 4.78 is 5.36. The Morgan fingerprint density at radius 2 is 2.17 bits per heavy atom. The van der Waals surface area contributed by atoms with Crippen LogP contribution in [0.2, 0.25) is 5.02 Å². The van der Waals surface area contributed by atoms with Gasteiger partial charge in [-0.2, -0.15) is 0 Å². The fourth-order valence-electron chi connectivity index (χ4n) is 3.86. The molecule has 0 unspecified atom stereocenters. The number of aryl methyl sites for hydroxylation is 2. The minimum atomic E-state index is 0.0606. The van der Waals surface area contributed by atoms with Crippen LogP contribution in [0.4, 0.5) is 0 Å². The zero-order valence-electron chi connectivity index (χ0n) is 16.5. The Balaban J connectivity index is 1.44. The standard InChI is InChI=1S/C23H25ClN2O2S/c1-15(8-10-17-5-4-12-28-17)25-22(27)14-29-23-18-6-2-3-7-20(18)26-21-13-16(24)9-11-19(21)23/h4-5,9,11-13,15H,2-3,6-8,10,14H2,1H3,(H,25,27)/t15-/m0/s1. The maximum absolute atomic E-state index is 12.6. The average molecular weight is 429 g/mol. The third-order valence-electron chi connectivity index (χ3n) is 5.33. The number of hydrogen-bond donors (Lipinski definition) is 1. The molecule has 0 radical (unpaired) electrons. The van der Waals surface area contributed by atoms with Crippen molar-refractivity contribution < 1.29 is 9.21 Å². The molecule has 1 aliphatic rings. The topological polar surface area (TPSA) is 55.1 Å². The van der Waals surface area contributed by atoms with E-state index in [0.717, 1.165) is 42.3 Å². The van der Waals surface area contributed by atoms with Gasteiger partial charge in [0.25, 0.3) is 0 Å². The minimum absolute atomic E-state index is 0.0606. The van der Waals surface area contributed by atoms with E-state index in [1.54, 1.807) is 18.0 Å². The summed E-state index contributed by atoms with van der Waals surface area (Å²) in [6.07, 6.45) is 7.75. The van der Waals surface area contributed by atoms with Gasteiger partial charge in [0.2, 0.25) is 5.91 Å². The molecule has 0 saturated heterocycles. The molecule has 1 aliphatic carbocycles. The van der Waals surface area contributed by atoms with Gasteiger partial charge in [0.15, 0.2) is 0 Å². The monoisotopic (exact) mass is 428 g/mol. The van der Waals surface area contributed by atoms with Gasteiger partial charge < -0.3 is 9.73 Å². The van der Waals surface area contributed by atoms with Gasteiger partial charge in [-0.25, -0.2) is 0 Å². The number of carbonyl (C=O) groups is 1. The number of rotatable bonds is 7. The van der Waals surface area contributed by atoms with Crippen molar-refractivity contribution in [3.63, 3.8) is 0 Å². The maximum atomic E-state index is 12.6. The first-order valence-corrected chi connectivity index (χ1v) is 11.5. The van der Waals surface area contributed by atoms with Crippen LogP contribution in [0.25, 0.3) is 10.9 Å². The van der Waals surface area contributed by atoms with Gasteiger partial charge in [0.1, 0.15) is 5.76 Å². The highest BCUT2D eigenvalue weighted by Gasteiger charge is 2.20. The first kappa shape index (κ1) is 20.3. The molecule has 2 aromatic heterocycles. The van der Waals surface area contributed by atoms with Crippen LogP contribution in [-0.4, -0.2) is 22.7 Å². The van der Waals surface area contributed by atoms with Gasteiger partial charge in [0.05, 0.1) is 17.5 Å². The normalized spacial score (nSPS) is 14.6. The Kier molecular flexibility index (Phi) is 6.46. The van der Waals surface area contributed by atoms with E-state index in [9.17, 15) is 4.79 Å². The number of nitrogens with zero attached hydrogens (tertiary/aromatic N) is 1. The van der Waals surface area contributed by atoms with Crippen LogP contribution in [0.1, 0.15) is 43.2 Å². The van der Waals surface area contributed by atoms with E-state index in [2.05, 4.69) is 5.32 Å². The molecule has 0 fully saturated rings. The molecule has 0 aliphatic heterocycles. The molecule has 3 aromatic rings. The molecule has 152 valence electrons. The van der Waals surface area contributed by atoms with E-state index in [4.69, 9.17) is 21.0 Å². The highest BCUT2D eigenvalue weighted by atomic mass is 35.5. The minimum Gasteiger partial charge on any atom is -0.469 e. The summed E-state index contributed by atoms with van der Waals surface area (Å²) in [7, 11) is 0. The number of hydrogen-bond acceptors (Lipinski definition) is 4. The van der Waals surface area contributed by atoms with E-state index in [1.807, 2.05) is 37.3 Å². The summed E-state index contributed by atoms with van der Waals surface area (Å²) in [4.78, 5) is 18.6. The molecule has 4 nitrogen and oxygen atoms in total. The first-order valence-electron chi connectivity index (χ1n) is 10.2. The second kappa shape index (κ2) is 9.23. The Morgan fingerprint density at radius 1 is 1.31 bits per heavy atom. The fourth-order valence-corrected chi connectivity index (χ4v) is 5.11. The smallest absolute Gasteiger partial charge is 0.230 e. The highest BCUT2D eigenvalue weighted by molar-refractivity contribution is 8.00. The number of amides is 1. The van der Waals surface area contributed by atoms with Crippen molar-refractivity contribution in [1.29, 1.82) is 0 Å². The van der Waals surface area contributed by atoms with Gasteiger partial charge >= 0.3 is 0 Å². The lowest BCUT2D eigenvalue weighted by Gasteiger charge is -2.21. The van der Waals surface area contributed by atoms with Crippen LogP contribution < -0.4 is 5.32 Å². The zero-order chi connectivity index (χ0) is 20.2. The summed E-state index contributed by atoms with van der Waals surface area (Å²) in [5.41, 5.74) is 3.41. The van der Waals surface area contributed by atoms with Gasteiger partial charge in [-0.1, -0.05) is 17.7 Å². The van der Waals surface area contributed by atoms with Gasteiger partial charge in [-0.3, -0.25) is 9.78 Å². The molecule has 1 amide bonds. The number of carbonyl (C=O) groups excluding carboxylic acids is 1.